The second-order valence-corrected chi connectivity index (χ2v) is 7.51. The van der Waals surface area contributed by atoms with Crippen LogP contribution in [0.15, 0.2) is 35.5 Å². The Balaban J connectivity index is 1.46. The quantitative estimate of drug-likeness (QED) is 0.561. The summed E-state index contributed by atoms with van der Waals surface area (Å²) < 4.78 is 5.74. The van der Waals surface area contributed by atoms with Crippen molar-refractivity contribution >= 4 is 17.3 Å². The van der Waals surface area contributed by atoms with Crippen molar-refractivity contribution in [2.45, 2.75) is 39.3 Å². The predicted octanol–water partition coefficient (Wildman–Crippen LogP) is 3.36. The van der Waals surface area contributed by atoms with Crippen molar-refractivity contribution in [3.63, 3.8) is 0 Å². The maximum atomic E-state index is 5.74. The van der Waals surface area contributed by atoms with Gasteiger partial charge in [-0.2, -0.15) is 0 Å². The maximum absolute atomic E-state index is 5.74. The summed E-state index contributed by atoms with van der Waals surface area (Å²) in [7, 11) is 1.79. The van der Waals surface area contributed by atoms with E-state index in [0.717, 1.165) is 37.0 Å². The molecule has 6 heteroatoms. The molecule has 0 aliphatic heterocycles. The van der Waals surface area contributed by atoms with Gasteiger partial charge in [-0.05, 0) is 48.9 Å². The first-order valence-electron chi connectivity index (χ1n) is 8.86. The van der Waals surface area contributed by atoms with E-state index in [1.54, 1.807) is 13.2 Å². The molecule has 0 atom stereocenters. The average Bonchev–Trinajstić information content (AvgIpc) is 3.37. The Bertz CT molecular complexity index is 709. The van der Waals surface area contributed by atoms with Gasteiger partial charge in [0.2, 0.25) is 5.88 Å². The van der Waals surface area contributed by atoms with Gasteiger partial charge in [-0.3, -0.25) is 4.99 Å². The van der Waals surface area contributed by atoms with Crippen LogP contribution in [0.1, 0.15) is 35.1 Å². The third kappa shape index (κ3) is 5.74. The van der Waals surface area contributed by atoms with E-state index >= 15 is 0 Å². The smallest absolute Gasteiger partial charge is 0.213 e. The lowest BCUT2D eigenvalue weighted by molar-refractivity contribution is 0.288. The molecule has 25 heavy (non-hydrogen) atoms. The van der Waals surface area contributed by atoms with Gasteiger partial charge in [0.25, 0.3) is 0 Å². The second kappa shape index (κ2) is 8.85. The monoisotopic (exact) mass is 358 g/mol. The zero-order valence-corrected chi connectivity index (χ0v) is 15.7. The molecule has 0 bridgehead atoms. The van der Waals surface area contributed by atoms with Crippen LogP contribution >= 0.6 is 11.3 Å². The molecule has 0 spiro atoms. The van der Waals surface area contributed by atoms with Crippen molar-refractivity contribution in [2.24, 2.45) is 10.9 Å². The van der Waals surface area contributed by atoms with E-state index in [1.807, 2.05) is 23.5 Å². The van der Waals surface area contributed by atoms with Gasteiger partial charge in [0.05, 0.1) is 13.2 Å². The number of aliphatic imine (C=N–C) groups is 1. The SMILES string of the molecule is CCc1ccc(CNC(=NC)NCc2ccnc(OCC3CC3)c2)s1. The Morgan fingerprint density at radius 2 is 2.04 bits per heavy atom. The van der Waals surface area contributed by atoms with Crippen LogP contribution in [0.5, 0.6) is 5.88 Å². The highest BCUT2D eigenvalue weighted by atomic mass is 32.1. The Hall–Kier alpha value is -2.08. The topological polar surface area (TPSA) is 58.5 Å². The molecule has 0 radical (unpaired) electrons. The van der Waals surface area contributed by atoms with Crippen LogP contribution in [0.2, 0.25) is 0 Å². The van der Waals surface area contributed by atoms with Crippen LogP contribution < -0.4 is 15.4 Å². The van der Waals surface area contributed by atoms with Crippen LogP contribution in [0.25, 0.3) is 0 Å². The van der Waals surface area contributed by atoms with Crippen molar-refractivity contribution in [1.29, 1.82) is 0 Å². The Kier molecular flexibility index (Phi) is 6.28. The van der Waals surface area contributed by atoms with Gasteiger partial charge in [0.15, 0.2) is 5.96 Å². The first-order chi connectivity index (χ1) is 12.3. The van der Waals surface area contributed by atoms with Crippen LogP contribution in [-0.4, -0.2) is 24.6 Å². The lowest BCUT2D eigenvalue weighted by Crippen LogP contribution is -2.36. The van der Waals surface area contributed by atoms with Gasteiger partial charge in [0.1, 0.15) is 0 Å². The van der Waals surface area contributed by atoms with Crippen molar-refractivity contribution in [3.05, 3.63) is 45.8 Å². The molecule has 2 aromatic heterocycles. The van der Waals surface area contributed by atoms with Crippen LogP contribution in [0.4, 0.5) is 0 Å². The second-order valence-electron chi connectivity index (χ2n) is 6.26. The molecule has 0 aromatic carbocycles. The van der Waals surface area contributed by atoms with Crippen LogP contribution in [0, 0.1) is 5.92 Å². The number of hydrogen-bond donors (Lipinski definition) is 2. The van der Waals surface area contributed by atoms with Gasteiger partial charge in [0, 0.05) is 35.6 Å². The molecular formula is C19H26N4OS. The minimum atomic E-state index is 0.687. The van der Waals surface area contributed by atoms with Crippen LogP contribution in [0.3, 0.4) is 0 Å². The summed E-state index contributed by atoms with van der Waals surface area (Å²) in [4.78, 5) is 11.3. The average molecular weight is 359 g/mol. The largest absolute Gasteiger partial charge is 0.477 e. The van der Waals surface area contributed by atoms with Gasteiger partial charge in [-0.15, -0.1) is 11.3 Å². The molecule has 1 saturated carbocycles. The molecule has 3 rings (SSSR count). The molecular weight excluding hydrogens is 332 g/mol. The fourth-order valence-corrected chi connectivity index (χ4v) is 3.31. The molecule has 2 heterocycles. The maximum Gasteiger partial charge on any atom is 0.213 e. The van der Waals surface area contributed by atoms with Crippen molar-refractivity contribution < 1.29 is 4.74 Å². The summed E-state index contributed by atoms with van der Waals surface area (Å²) in [5.41, 5.74) is 1.13. The van der Waals surface area contributed by atoms with Crippen molar-refractivity contribution in [3.8, 4) is 5.88 Å². The Morgan fingerprint density at radius 1 is 1.24 bits per heavy atom. The number of aromatic nitrogens is 1. The minimum Gasteiger partial charge on any atom is -0.477 e. The van der Waals surface area contributed by atoms with Crippen molar-refractivity contribution in [2.75, 3.05) is 13.7 Å². The first-order valence-corrected chi connectivity index (χ1v) is 9.68. The number of pyridine rings is 1. The molecule has 5 nitrogen and oxygen atoms in total. The summed E-state index contributed by atoms with van der Waals surface area (Å²) in [6.07, 6.45) is 5.46. The van der Waals surface area contributed by atoms with Gasteiger partial charge < -0.3 is 15.4 Å². The molecule has 134 valence electrons. The number of nitrogens with one attached hydrogen (secondary N) is 2. The van der Waals surface area contributed by atoms with Gasteiger partial charge in [-0.1, -0.05) is 6.92 Å². The number of ether oxygens (including phenoxy) is 1. The summed E-state index contributed by atoms with van der Waals surface area (Å²) in [5.74, 6) is 2.24. The van der Waals surface area contributed by atoms with E-state index in [9.17, 15) is 0 Å². The number of guanidine groups is 1. The van der Waals surface area contributed by atoms with Gasteiger partial charge >= 0.3 is 0 Å². The lowest BCUT2D eigenvalue weighted by Gasteiger charge is -2.12. The van der Waals surface area contributed by atoms with E-state index in [-0.39, 0.29) is 0 Å². The highest BCUT2D eigenvalue weighted by Crippen LogP contribution is 2.29. The van der Waals surface area contributed by atoms with E-state index < -0.39 is 0 Å². The molecule has 2 N–H and O–H groups in total. The fourth-order valence-electron chi connectivity index (χ4n) is 2.41. The zero-order valence-electron chi connectivity index (χ0n) is 14.9. The molecule has 0 amide bonds. The number of rotatable bonds is 8. The van der Waals surface area contributed by atoms with E-state index in [1.165, 1.54) is 22.6 Å². The zero-order chi connectivity index (χ0) is 17.5. The third-order valence-corrected chi connectivity index (χ3v) is 5.37. The number of hydrogen-bond acceptors (Lipinski definition) is 4. The summed E-state index contributed by atoms with van der Waals surface area (Å²) in [6, 6.07) is 8.36. The number of aryl methyl sites for hydroxylation is 1. The van der Waals surface area contributed by atoms with E-state index in [0.29, 0.717) is 12.4 Å². The highest BCUT2D eigenvalue weighted by molar-refractivity contribution is 7.11. The molecule has 1 aliphatic rings. The Morgan fingerprint density at radius 3 is 2.76 bits per heavy atom. The summed E-state index contributed by atoms with van der Waals surface area (Å²) >= 11 is 1.84. The molecule has 1 fully saturated rings. The number of thiophene rings is 1. The molecule has 0 saturated heterocycles. The third-order valence-electron chi connectivity index (χ3n) is 4.14. The molecule has 0 unspecified atom stereocenters. The van der Waals surface area contributed by atoms with E-state index in [2.05, 4.69) is 39.7 Å². The van der Waals surface area contributed by atoms with Crippen molar-refractivity contribution in [1.82, 2.24) is 15.6 Å². The summed E-state index contributed by atoms with van der Waals surface area (Å²) in [5, 5.41) is 6.70. The minimum absolute atomic E-state index is 0.687. The lowest BCUT2D eigenvalue weighted by atomic mass is 10.2. The number of nitrogens with zero attached hydrogens (tertiary/aromatic N) is 2. The van der Waals surface area contributed by atoms with Crippen LogP contribution in [-0.2, 0) is 19.5 Å². The summed E-state index contributed by atoms with van der Waals surface area (Å²) in [6.45, 7) is 4.44. The fraction of sp³-hybridized carbons (Fsp3) is 0.474. The standard InChI is InChI=1S/C19H26N4OS/c1-3-16-6-7-17(25-16)12-23-19(20-2)22-11-15-8-9-21-18(10-15)24-13-14-4-5-14/h6-10,14H,3-5,11-13H2,1-2H3,(H2,20,22,23). The normalized spacial score (nSPS) is 14.4. The molecule has 2 aromatic rings. The Labute approximate surface area is 153 Å². The predicted molar refractivity (Wildman–Crippen MR) is 103 cm³/mol. The van der Waals surface area contributed by atoms with Gasteiger partial charge in [-0.25, -0.2) is 4.98 Å². The highest BCUT2D eigenvalue weighted by Gasteiger charge is 2.22. The van der Waals surface area contributed by atoms with E-state index in [4.69, 9.17) is 4.74 Å². The molecule has 1 aliphatic carbocycles. The first kappa shape index (κ1) is 17.7.